The monoisotopic (exact) mass is 483 g/mol. The first-order valence-electron chi connectivity index (χ1n) is 9.48. The highest BCUT2D eigenvalue weighted by molar-refractivity contribution is 14.0. The fraction of sp³-hybridized carbons (Fsp3) is 0.889. The number of rotatable bonds is 8. The molecule has 2 aliphatic carbocycles. The van der Waals surface area contributed by atoms with Gasteiger partial charge in [-0.25, -0.2) is 0 Å². The zero-order valence-electron chi connectivity index (χ0n) is 15.6. The van der Waals surface area contributed by atoms with Crippen molar-refractivity contribution in [1.29, 1.82) is 0 Å². The summed E-state index contributed by atoms with van der Waals surface area (Å²) in [4.78, 5) is 16.4. The number of ether oxygens (including phenoxy) is 1. The first-order chi connectivity index (χ1) is 11.7. The first kappa shape index (κ1) is 22.9. The average Bonchev–Trinajstić information content (AvgIpc) is 3.23. The molecule has 0 heterocycles. The highest BCUT2D eigenvalue weighted by Crippen LogP contribution is 2.28. The van der Waals surface area contributed by atoms with Crippen molar-refractivity contribution in [2.75, 3.05) is 19.3 Å². The molecule has 2 fully saturated rings. The van der Waals surface area contributed by atoms with E-state index in [1.54, 1.807) is 0 Å². The summed E-state index contributed by atoms with van der Waals surface area (Å²) in [6.07, 6.45) is 11.7. The lowest BCUT2D eigenvalue weighted by Gasteiger charge is -2.17. The van der Waals surface area contributed by atoms with Crippen LogP contribution in [0.3, 0.4) is 0 Å². The van der Waals surface area contributed by atoms with Crippen LogP contribution >= 0.6 is 35.7 Å². The van der Waals surface area contributed by atoms with Crippen LogP contribution in [0, 0.1) is 0 Å². The van der Waals surface area contributed by atoms with Crippen LogP contribution in [0.25, 0.3) is 0 Å². The Balaban J connectivity index is 0.00000312. The average molecular weight is 483 g/mol. The van der Waals surface area contributed by atoms with E-state index >= 15 is 0 Å². The van der Waals surface area contributed by atoms with Crippen molar-refractivity contribution in [2.24, 2.45) is 4.99 Å². The number of carbonyl (C=O) groups excluding carboxylic acids is 1. The van der Waals surface area contributed by atoms with Crippen molar-refractivity contribution >= 4 is 47.7 Å². The van der Waals surface area contributed by atoms with E-state index in [4.69, 9.17) is 4.74 Å². The molecule has 2 saturated carbocycles. The summed E-state index contributed by atoms with van der Waals surface area (Å²) < 4.78 is 5.48. The lowest BCUT2D eigenvalue weighted by molar-refractivity contribution is -0.148. The normalized spacial score (nSPS) is 24.0. The van der Waals surface area contributed by atoms with E-state index in [0.717, 1.165) is 37.0 Å². The lowest BCUT2D eigenvalue weighted by atomic mass is 10.2. The van der Waals surface area contributed by atoms with Gasteiger partial charge in [-0.2, -0.15) is 11.8 Å². The Morgan fingerprint density at radius 3 is 2.64 bits per heavy atom. The molecule has 5 nitrogen and oxygen atoms in total. The molecular weight excluding hydrogens is 449 g/mol. The maximum absolute atomic E-state index is 11.8. The summed E-state index contributed by atoms with van der Waals surface area (Å²) in [7, 11) is 0. The van der Waals surface area contributed by atoms with Crippen molar-refractivity contribution in [1.82, 2.24) is 10.6 Å². The minimum atomic E-state index is -0.0614. The van der Waals surface area contributed by atoms with Crippen molar-refractivity contribution < 1.29 is 9.53 Å². The van der Waals surface area contributed by atoms with Gasteiger partial charge in [-0.3, -0.25) is 9.79 Å². The van der Waals surface area contributed by atoms with Crippen LogP contribution in [0.2, 0.25) is 0 Å². The smallest absolute Gasteiger partial charge is 0.306 e. The third-order valence-corrected chi connectivity index (χ3v) is 5.91. The Labute approximate surface area is 173 Å². The zero-order valence-corrected chi connectivity index (χ0v) is 18.7. The van der Waals surface area contributed by atoms with Gasteiger partial charge in [0.25, 0.3) is 0 Å². The summed E-state index contributed by atoms with van der Waals surface area (Å²) in [6, 6.07) is 0.521. The molecule has 25 heavy (non-hydrogen) atoms. The number of aliphatic imine (C=N–C) groups is 1. The van der Waals surface area contributed by atoms with E-state index in [-0.39, 0.29) is 36.0 Å². The van der Waals surface area contributed by atoms with Gasteiger partial charge in [0.2, 0.25) is 0 Å². The summed E-state index contributed by atoms with van der Waals surface area (Å²) in [5.41, 5.74) is 0. The molecule has 2 rings (SSSR count). The number of esters is 1. The number of guanidine groups is 1. The highest BCUT2D eigenvalue weighted by Gasteiger charge is 2.24. The van der Waals surface area contributed by atoms with Crippen LogP contribution < -0.4 is 10.6 Å². The van der Waals surface area contributed by atoms with Crippen LogP contribution in [0.5, 0.6) is 0 Å². The number of hydrogen-bond acceptors (Lipinski definition) is 4. The second-order valence-corrected chi connectivity index (χ2v) is 7.91. The number of nitrogens with zero attached hydrogens (tertiary/aromatic N) is 1. The molecule has 0 bridgehead atoms. The largest absolute Gasteiger partial charge is 0.462 e. The second kappa shape index (κ2) is 13.1. The molecular formula is C18H34IN3O2S. The fourth-order valence-corrected chi connectivity index (χ4v) is 4.26. The highest BCUT2D eigenvalue weighted by atomic mass is 127. The van der Waals surface area contributed by atoms with Crippen molar-refractivity contribution in [3.8, 4) is 0 Å². The van der Waals surface area contributed by atoms with E-state index in [0.29, 0.717) is 19.0 Å². The van der Waals surface area contributed by atoms with Gasteiger partial charge >= 0.3 is 5.97 Å². The Bertz CT molecular complexity index is 417. The maximum Gasteiger partial charge on any atom is 0.306 e. The molecule has 2 aliphatic rings. The molecule has 7 heteroatoms. The molecule has 0 aromatic heterocycles. The van der Waals surface area contributed by atoms with E-state index in [2.05, 4.69) is 28.8 Å². The zero-order chi connectivity index (χ0) is 17.2. The molecule has 0 radical (unpaired) electrons. The van der Waals surface area contributed by atoms with Crippen molar-refractivity contribution in [2.45, 2.75) is 82.1 Å². The van der Waals surface area contributed by atoms with Crippen LogP contribution in [-0.4, -0.2) is 48.7 Å². The van der Waals surface area contributed by atoms with Gasteiger partial charge in [0, 0.05) is 30.8 Å². The number of halogens is 1. The summed E-state index contributed by atoms with van der Waals surface area (Å²) in [6.45, 7) is 3.59. The van der Waals surface area contributed by atoms with Gasteiger partial charge in [0.05, 0.1) is 0 Å². The standard InChI is InChI=1S/C18H33N3O2S.HI/c1-3-19-18(21-14-10-11-16(13-14)24-2)20-12-6-9-17(22)23-15-7-4-5-8-15;/h14-16H,3-13H2,1-2H3,(H2,19,20,21);1H. The number of carbonyl (C=O) groups is 1. The molecule has 0 aromatic carbocycles. The predicted molar refractivity (Wildman–Crippen MR) is 117 cm³/mol. The van der Waals surface area contributed by atoms with Gasteiger partial charge in [-0.05, 0) is 64.5 Å². The third kappa shape index (κ3) is 8.84. The number of hydrogen-bond donors (Lipinski definition) is 2. The third-order valence-electron chi connectivity index (χ3n) is 4.81. The van der Waals surface area contributed by atoms with Crippen LogP contribution in [0.15, 0.2) is 4.99 Å². The summed E-state index contributed by atoms with van der Waals surface area (Å²) in [5.74, 6) is 0.821. The predicted octanol–water partition coefficient (Wildman–Crippen LogP) is 3.71. The van der Waals surface area contributed by atoms with Crippen molar-refractivity contribution in [3.63, 3.8) is 0 Å². The van der Waals surface area contributed by atoms with E-state index in [1.807, 2.05) is 11.8 Å². The lowest BCUT2D eigenvalue weighted by Crippen LogP contribution is -2.42. The molecule has 2 unspecified atom stereocenters. The molecule has 2 N–H and O–H groups in total. The molecule has 0 aliphatic heterocycles. The van der Waals surface area contributed by atoms with E-state index < -0.39 is 0 Å². The molecule has 2 atom stereocenters. The van der Waals surface area contributed by atoms with Gasteiger partial charge in [0.1, 0.15) is 6.10 Å². The quantitative estimate of drug-likeness (QED) is 0.181. The molecule has 0 aromatic rings. The summed E-state index contributed by atoms with van der Waals surface area (Å²) in [5, 5.41) is 7.62. The van der Waals surface area contributed by atoms with Crippen LogP contribution in [0.1, 0.15) is 64.7 Å². The molecule has 146 valence electrons. The molecule has 0 spiro atoms. The van der Waals surface area contributed by atoms with E-state index in [9.17, 15) is 4.79 Å². The first-order valence-corrected chi connectivity index (χ1v) is 10.8. The fourth-order valence-electron chi connectivity index (χ4n) is 3.46. The van der Waals surface area contributed by atoms with Crippen LogP contribution in [-0.2, 0) is 9.53 Å². The van der Waals surface area contributed by atoms with Gasteiger partial charge in [-0.1, -0.05) is 0 Å². The Morgan fingerprint density at radius 1 is 1.24 bits per heavy atom. The van der Waals surface area contributed by atoms with Crippen LogP contribution in [0.4, 0.5) is 0 Å². The Hall–Kier alpha value is -0.180. The minimum Gasteiger partial charge on any atom is -0.462 e. The topological polar surface area (TPSA) is 62.7 Å². The summed E-state index contributed by atoms with van der Waals surface area (Å²) >= 11 is 1.96. The Morgan fingerprint density at radius 2 is 2.00 bits per heavy atom. The van der Waals surface area contributed by atoms with Crippen molar-refractivity contribution in [3.05, 3.63) is 0 Å². The maximum atomic E-state index is 11.8. The second-order valence-electron chi connectivity index (χ2n) is 6.77. The molecule has 0 saturated heterocycles. The number of nitrogens with one attached hydrogen (secondary N) is 2. The SMILES string of the molecule is CCNC(=NCCCC(=O)OC1CCCC1)NC1CCC(SC)C1.I. The number of thioether (sulfide) groups is 1. The Kier molecular flexibility index (Phi) is 11.9. The minimum absolute atomic E-state index is 0. The van der Waals surface area contributed by atoms with Gasteiger partial charge in [0.15, 0.2) is 5.96 Å². The molecule has 0 amide bonds. The van der Waals surface area contributed by atoms with Gasteiger partial charge < -0.3 is 15.4 Å². The van der Waals surface area contributed by atoms with E-state index in [1.165, 1.54) is 32.1 Å². The van der Waals surface area contributed by atoms with Gasteiger partial charge in [-0.15, -0.1) is 24.0 Å².